The zero-order chi connectivity index (χ0) is 12.7. The Hall–Kier alpha value is -2.11. The SMILES string of the molecule is CC1=NN(C)C(=O)/C1=C/c1c(C)[nH]n(C)c1=O. The van der Waals surface area contributed by atoms with Crippen molar-refractivity contribution in [2.75, 3.05) is 7.05 Å². The largest absolute Gasteiger partial charge is 0.300 e. The molecular weight excluding hydrogens is 220 g/mol. The molecule has 0 fully saturated rings. The monoisotopic (exact) mass is 234 g/mol. The van der Waals surface area contributed by atoms with Crippen LogP contribution in [0.4, 0.5) is 0 Å². The molecule has 0 spiro atoms. The van der Waals surface area contributed by atoms with Gasteiger partial charge in [0.2, 0.25) is 0 Å². The molecular formula is C11H14N4O2. The number of aryl methyl sites for hydroxylation is 2. The number of nitrogens with one attached hydrogen (secondary N) is 1. The van der Waals surface area contributed by atoms with Gasteiger partial charge in [-0.15, -0.1) is 0 Å². The molecule has 6 heteroatoms. The molecule has 0 unspecified atom stereocenters. The summed E-state index contributed by atoms with van der Waals surface area (Å²) in [7, 11) is 3.23. The number of carbonyl (C=O) groups excluding carboxylic acids is 1. The Morgan fingerprint density at radius 1 is 1.24 bits per heavy atom. The lowest BCUT2D eigenvalue weighted by atomic mass is 10.1. The summed E-state index contributed by atoms with van der Waals surface area (Å²) >= 11 is 0. The first-order valence-corrected chi connectivity index (χ1v) is 5.22. The van der Waals surface area contributed by atoms with E-state index < -0.39 is 0 Å². The van der Waals surface area contributed by atoms with E-state index in [1.807, 2.05) is 0 Å². The highest BCUT2D eigenvalue weighted by Gasteiger charge is 2.25. The van der Waals surface area contributed by atoms with Crippen LogP contribution in [-0.4, -0.2) is 33.5 Å². The molecule has 90 valence electrons. The Balaban J connectivity index is 2.55. The van der Waals surface area contributed by atoms with E-state index in [0.717, 1.165) is 5.69 Å². The molecule has 2 rings (SSSR count). The number of likely N-dealkylation sites (N-methyl/N-ethyl adjacent to an activating group) is 1. The topological polar surface area (TPSA) is 70.5 Å². The summed E-state index contributed by atoms with van der Waals surface area (Å²) in [4.78, 5) is 23.6. The van der Waals surface area contributed by atoms with Gasteiger partial charge in [0, 0.05) is 19.8 Å². The van der Waals surface area contributed by atoms with Crippen molar-refractivity contribution < 1.29 is 4.79 Å². The smallest absolute Gasteiger partial charge is 0.275 e. The van der Waals surface area contributed by atoms with Gasteiger partial charge in [-0.05, 0) is 19.9 Å². The van der Waals surface area contributed by atoms with Gasteiger partial charge < -0.3 is 0 Å². The van der Waals surface area contributed by atoms with Crippen molar-refractivity contribution in [3.05, 3.63) is 27.2 Å². The lowest BCUT2D eigenvalue weighted by Crippen LogP contribution is -2.18. The highest BCUT2D eigenvalue weighted by Crippen LogP contribution is 2.16. The second-order valence-corrected chi connectivity index (χ2v) is 4.09. The normalized spacial score (nSPS) is 18.1. The number of aromatic nitrogens is 2. The van der Waals surface area contributed by atoms with Crippen LogP contribution < -0.4 is 5.56 Å². The maximum Gasteiger partial charge on any atom is 0.275 e. The first-order chi connectivity index (χ1) is 7.91. The fraction of sp³-hybridized carbons (Fsp3) is 0.364. The second kappa shape index (κ2) is 3.73. The number of hydrazone groups is 1. The van der Waals surface area contributed by atoms with E-state index in [1.165, 1.54) is 9.69 Å². The van der Waals surface area contributed by atoms with Gasteiger partial charge in [0.25, 0.3) is 11.5 Å². The van der Waals surface area contributed by atoms with Crippen LogP contribution in [0, 0.1) is 6.92 Å². The minimum atomic E-state index is -0.190. The van der Waals surface area contributed by atoms with Crippen LogP contribution in [0.25, 0.3) is 6.08 Å². The van der Waals surface area contributed by atoms with Crippen LogP contribution in [0.15, 0.2) is 15.5 Å². The zero-order valence-corrected chi connectivity index (χ0v) is 10.2. The molecule has 1 amide bonds. The van der Waals surface area contributed by atoms with Gasteiger partial charge in [-0.2, -0.15) is 5.10 Å². The molecule has 6 nitrogen and oxygen atoms in total. The van der Waals surface area contributed by atoms with Crippen molar-refractivity contribution >= 4 is 17.7 Å². The number of carbonyl (C=O) groups is 1. The summed E-state index contributed by atoms with van der Waals surface area (Å²) in [6, 6.07) is 0. The van der Waals surface area contributed by atoms with E-state index in [2.05, 4.69) is 10.2 Å². The number of amides is 1. The van der Waals surface area contributed by atoms with Gasteiger partial charge >= 0.3 is 0 Å². The summed E-state index contributed by atoms with van der Waals surface area (Å²) in [6.45, 7) is 3.54. The number of rotatable bonds is 1. The van der Waals surface area contributed by atoms with Gasteiger partial charge in [0.1, 0.15) is 0 Å². The van der Waals surface area contributed by atoms with E-state index in [4.69, 9.17) is 0 Å². The molecule has 17 heavy (non-hydrogen) atoms. The molecule has 0 saturated carbocycles. The lowest BCUT2D eigenvalue weighted by Gasteiger charge is -2.00. The molecule has 1 aromatic rings. The van der Waals surface area contributed by atoms with Crippen molar-refractivity contribution in [2.45, 2.75) is 13.8 Å². The van der Waals surface area contributed by atoms with Crippen LogP contribution in [-0.2, 0) is 11.8 Å². The first-order valence-electron chi connectivity index (χ1n) is 5.22. The molecule has 0 saturated heterocycles. The average Bonchev–Trinajstić information content (AvgIpc) is 2.62. The summed E-state index contributed by atoms with van der Waals surface area (Å²) in [6.07, 6.45) is 1.60. The Kier molecular flexibility index (Phi) is 2.49. The molecule has 0 atom stereocenters. The molecule has 1 aromatic heterocycles. The maximum atomic E-state index is 11.8. The van der Waals surface area contributed by atoms with Crippen LogP contribution >= 0.6 is 0 Å². The molecule has 2 heterocycles. The Labute approximate surface area is 98.2 Å². The quantitative estimate of drug-likeness (QED) is 0.708. The van der Waals surface area contributed by atoms with Crippen molar-refractivity contribution in [3.8, 4) is 0 Å². The minimum absolute atomic E-state index is 0.148. The highest BCUT2D eigenvalue weighted by molar-refractivity contribution is 6.26. The number of hydrogen-bond donors (Lipinski definition) is 1. The molecule has 0 bridgehead atoms. The second-order valence-electron chi connectivity index (χ2n) is 4.09. The fourth-order valence-corrected chi connectivity index (χ4v) is 1.84. The Bertz CT molecular complexity index is 603. The van der Waals surface area contributed by atoms with E-state index in [-0.39, 0.29) is 11.5 Å². The number of nitrogens with zero attached hydrogens (tertiary/aromatic N) is 3. The Morgan fingerprint density at radius 2 is 1.88 bits per heavy atom. The Morgan fingerprint density at radius 3 is 2.29 bits per heavy atom. The third-order valence-electron chi connectivity index (χ3n) is 2.78. The van der Waals surface area contributed by atoms with Crippen LogP contribution in [0.2, 0.25) is 0 Å². The van der Waals surface area contributed by atoms with Crippen molar-refractivity contribution in [3.63, 3.8) is 0 Å². The molecule has 0 aliphatic carbocycles. The standard InChI is InChI=1S/C11H14N4O2/c1-6-8(10(16)14(3)12-6)5-9-7(2)13-15(4)11(9)17/h5,12H,1-4H3/b9-5+. The summed E-state index contributed by atoms with van der Waals surface area (Å²) < 4.78 is 1.39. The summed E-state index contributed by atoms with van der Waals surface area (Å²) in [5.41, 5.74) is 2.18. The number of hydrogen-bond acceptors (Lipinski definition) is 3. The molecule has 0 radical (unpaired) electrons. The molecule has 0 aromatic carbocycles. The molecule has 1 aliphatic heterocycles. The average molecular weight is 234 g/mol. The number of H-pyrrole nitrogens is 1. The third-order valence-corrected chi connectivity index (χ3v) is 2.78. The van der Waals surface area contributed by atoms with Gasteiger partial charge in [0.15, 0.2) is 0 Å². The van der Waals surface area contributed by atoms with E-state index in [1.54, 1.807) is 34.0 Å². The lowest BCUT2D eigenvalue weighted by molar-refractivity contribution is -0.124. The van der Waals surface area contributed by atoms with E-state index in [0.29, 0.717) is 16.8 Å². The van der Waals surface area contributed by atoms with Gasteiger partial charge in [-0.1, -0.05) is 0 Å². The minimum Gasteiger partial charge on any atom is -0.300 e. The van der Waals surface area contributed by atoms with Gasteiger partial charge in [-0.3, -0.25) is 19.4 Å². The summed E-state index contributed by atoms with van der Waals surface area (Å²) in [5, 5.41) is 8.18. The maximum absolute atomic E-state index is 11.8. The fourth-order valence-electron chi connectivity index (χ4n) is 1.84. The summed E-state index contributed by atoms with van der Waals surface area (Å²) in [5.74, 6) is -0.190. The van der Waals surface area contributed by atoms with Crippen molar-refractivity contribution in [2.24, 2.45) is 12.1 Å². The van der Waals surface area contributed by atoms with Gasteiger partial charge in [-0.25, -0.2) is 5.01 Å². The predicted octanol–water partition coefficient (Wildman–Crippen LogP) is 0.253. The molecule has 1 N–H and O–H groups in total. The predicted molar refractivity (Wildman–Crippen MR) is 64.6 cm³/mol. The van der Waals surface area contributed by atoms with E-state index >= 15 is 0 Å². The molecule has 1 aliphatic rings. The van der Waals surface area contributed by atoms with Crippen molar-refractivity contribution in [1.82, 2.24) is 14.8 Å². The van der Waals surface area contributed by atoms with Crippen molar-refractivity contribution in [1.29, 1.82) is 0 Å². The van der Waals surface area contributed by atoms with Crippen LogP contribution in [0.1, 0.15) is 18.2 Å². The van der Waals surface area contributed by atoms with Crippen LogP contribution in [0.5, 0.6) is 0 Å². The first kappa shape index (κ1) is 11.4. The van der Waals surface area contributed by atoms with Gasteiger partial charge in [0.05, 0.1) is 16.8 Å². The zero-order valence-electron chi connectivity index (χ0n) is 10.2. The number of aromatic amines is 1. The van der Waals surface area contributed by atoms with Crippen LogP contribution in [0.3, 0.4) is 0 Å². The third kappa shape index (κ3) is 1.71. The highest BCUT2D eigenvalue weighted by atomic mass is 16.2. The van der Waals surface area contributed by atoms with E-state index in [9.17, 15) is 9.59 Å².